The Morgan fingerprint density at radius 3 is 2.48 bits per heavy atom. The summed E-state index contributed by atoms with van der Waals surface area (Å²) in [6, 6.07) is 10.6. The molecule has 29 heavy (non-hydrogen) atoms. The van der Waals surface area contributed by atoms with Crippen LogP contribution in [0.25, 0.3) is 0 Å². The molecule has 3 fully saturated rings. The van der Waals surface area contributed by atoms with Crippen molar-refractivity contribution < 1.29 is 19.5 Å². The minimum atomic E-state index is -0.482. The molecule has 7 nitrogen and oxygen atoms in total. The molecule has 2 amide bonds. The minimum Gasteiger partial charge on any atom is -0.379 e. The van der Waals surface area contributed by atoms with Gasteiger partial charge < -0.3 is 9.64 Å². The first-order valence-electron chi connectivity index (χ1n) is 10.8. The number of morpholine rings is 1. The zero-order chi connectivity index (χ0) is 20.2. The van der Waals surface area contributed by atoms with E-state index in [1.54, 1.807) is 0 Å². The summed E-state index contributed by atoms with van der Waals surface area (Å²) < 4.78 is 5.44. The second-order valence-electron chi connectivity index (χ2n) is 8.48. The number of rotatable bonds is 4. The third-order valence-corrected chi connectivity index (χ3v) is 6.92. The van der Waals surface area contributed by atoms with Crippen LogP contribution in [-0.4, -0.2) is 72.3 Å². The lowest BCUT2D eigenvalue weighted by Crippen LogP contribution is -2.52. The number of hydrogen-bond acceptors (Lipinski definition) is 5. The number of likely N-dealkylation sites (tertiary alicyclic amines) is 1. The molecule has 0 radical (unpaired) electrons. The van der Waals surface area contributed by atoms with E-state index in [0.29, 0.717) is 38.5 Å². The Hall–Kier alpha value is -1.96. The van der Waals surface area contributed by atoms with Crippen LogP contribution in [0, 0.1) is 11.8 Å². The van der Waals surface area contributed by atoms with Gasteiger partial charge in [0.1, 0.15) is 0 Å². The van der Waals surface area contributed by atoms with Crippen molar-refractivity contribution in [2.24, 2.45) is 11.8 Å². The molecule has 4 rings (SSSR count). The van der Waals surface area contributed by atoms with Crippen molar-refractivity contribution in [3.8, 4) is 0 Å². The number of carbonyl (C=O) groups excluding carboxylic acids is 2. The van der Waals surface area contributed by atoms with Crippen LogP contribution < -0.4 is 5.48 Å². The second kappa shape index (κ2) is 9.24. The Morgan fingerprint density at radius 2 is 1.76 bits per heavy atom. The van der Waals surface area contributed by atoms with Crippen LogP contribution in [0.15, 0.2) is 30.3 Å². The molecule has 2 saturated heterocycles. The lowest BCUT2D eigenvalue weighted by molar-refractivity contribution is -0.148. The second-order valence-corrected chi connectivity index (χ2v) is 8.48. The van der Waals surface area contributed by atoms with E-state index < -0.39 is 11.8 Å². The van der Waals surface area contributed by atoms with Crippen molar-refractivity contribution in [3.63, 3.8) is 0 Å². The quantitative estimate of drug-likeness (QED) is 0.592. The van der Waals surface area contributed by atoms with Crippen LogP contribution >= 0.6 is 0 Å². The molecule has 2 N–H and O–H groups in total. The van der Waals surface area contributed by atoms with Gasteiger partial charge in [0.15, 0.2) is 0 Å². The Bertz CT molecular complexity index is 707. The molecule has 4 atom stereocenters. The van der Waals surface area contributed by atoms with E-state index in [4.69, 9.17) is 4.74 Å². The summed E-state index contributed by atoms with van der Waals surface area (Å²) in [6.45, 7) is 4.59. The summed E-state index contributed by atoms with van der Waals surface area (Å²) in [5.74, 6) is -0.841. The molecule has 0 aromatic heterocycles. The van der Waals surface area contributed by atoms with Gasteiger partial charge in [-0.25, -0.2) is 5.48 Å². The van der Waals surface area contributed by atoms with Crippen LogP contribution in [0.2, 0.25) is 0 Å². The molecule has 0 bridgehead atoms. The van der Waals surface area contributed by atoms with Gasteiger partial charge >= 0.3 is 0 Å². The number of carbonyl (C=O) groups is 2. The summed E-state index contributed by atoms with van der Waals surface area (Å²) in [5.41, 5.74) is 3.08. The number of ether oxygens (including phenoxy) is 1. The Balaban J connectivity index is 1.42. The van der Waals surface area contributed by atoms with E-state index in [2.05, 4.69) is 17.0 Å². The van der Waals surface area contributed by atoms with Crippen molar-refractivity contribution in [1.29, 1.82) is 0 Å². The van der Waals surface area contributed by atoms with Crippen LogP contribution in [0.4, 0.5) is 0 Å². The number of amides is 2. The van der Waals surface area contributed by atoms with Gasteiger partial charge in [0.25, 0.3) is 0 Å². The lowest BCUT2D eigenvalue weighted by atomic mass is 9.75. The molecule has 0 spiro atoms. The Labute approximate surface area is 172 Å². The summed E-state index contributed by atoms with van der Waals surface area (Å²) in [7, 11) is 0. The Kier molecular flexibility index (Phi) is 6.47. The van der Waals surface area contributed by atoms with Gasteiger partial charge in [-0.2, -0.15) is 0 Å². The first-order chi connectivity index (χ1) is 14.2. The SMILES string of the molecule is O=C(NO)C1CC(N2CCOCC2)CCC1C(=O)N1CC[C@H](c2ccccc2)C1. The lowest BCUT2D eigenvalue weighted by Gasteiger charge is -2.42. The van der Waals surface area contributed by atoms with Gasteiger partial charge in [0.2, 0.25) is 11.8 Å². The topological polar surface area (TPSA) is 82.1 Å². The fourth-order valence-corrected chi connectivity index (χ4v) is 5.28. The molecule has 2 aliphatic heterocycles. The monoisotopic (exact) mass is 401 g/mol. The highest BCUT2D eigenvalue weighted by molar-refractivity contribution is 5.87. The van der Waals surface area contributed by atoms with Crippen LogP contribution in [0.5, 0.6) is 0 Å². The molecular formula is C22H31N3O4. The maximum atomic E-state index is 13.3. The highest BCUT2D eigenvalue weighted by Crippen LogP contribution is 2.36. The predicted molar refractivity (Wildman–Crippen MR) is 107 cm³/mol. The smallest absolute Gasteiger partial charge is 0.247 e. The van der Waals surface area contributed by atoms with Crippen molar-refractivity contribution in [2.75, 3.05) is 39.4 Å². The molecule has 2 heterocycles. The van der Waals surface area contributed by atoms with E-state index in [1.165, 1.54) is 5.56 Å². The van der Waals surface area contributed by atoms with Gasteiger partial charge in [-0.1, -0.05) is 30.3 Å². The van der Waals surface area contributed by atoms with Crippen LogP contribution in [0.3, 0.4) is 0 Å². The zero-order valence-electron chi connectivity index (χ0n) is 16.8. The minimum absolute atomic E-state index is 0.0671. The summed E-state index contributed by atoms with van der Waals surface area (Å²) in [5, 5.41) is 9.28. The number of hydroxylamine groups is 1. The molecular weight excluding hydrogens is 370 g/mol. The van der Waals surface area contributed by atoms with Crippen molar-refractivity contribution in [2.45, 2.75) is 37.6 Å². The number of nitrogens with zero attached hydrogens (tertiary/aromatic N) is 2. The molecule has 1 aromatic rings. The number of benzene rings is 1. The van der Waals surface area contributed by atoms with Crippen molar-refractivity contribution >= 4 is 11.8 Å². The molecule has 7 heteroatoms. The molecule has 3 aliphatic rings. The van der Waals surface area contributed by atoms with Crippen molar-refractivity contribution in [1.82, 2.24) is 15.3 Å². The van der Waals surface area contributed by atoms with Gasteiger partial charge in [0, 0.05) is 44.1 Å². The largest absolute Gasteiger partial charge is 0.379 e. The highest BCUT2D eigenvalue weighted by Gasteiger charge is 2.43. The van der Waals surface area contributed by atoms with E-state index in [-0.39, 0.29) is 17.9 Å². The van der Waals surface area contributed by atoms with Gasteiger partial charge in [0.05, 0.1) is 19.1 Å². The maximum absolute atomic E-state index is 13.3. The van der Waals surface area contributed by atoms with Crippen molar-refractivity contribution in [3.05, 3.63) is 35.9 Å². The molecule has 3 unspecified atom stereocenters. The standard InChI is InChI=1S/C22H31N3O4/c26-21(23-28)20-14-18(24-10-12-29-13-11-24)6-7-19(20)22(27)25-9-8-17(15-25)16-4-2-1-3-5-16/h1-5,17-20,28H,6-15H2,(H,23,26)/t17-,18?,19?,20?/m0/s1. The third-order valence-electron chi connectivity index (χ3n) is 6.92. The van der Waals surface area contributed by atoms with Gasteiger partial charge in [-0.05, 0) is 31.2 Å². The van der Waals surface area contributed by atoms with Crippen LogP contribution in [-0.2, 0) is 14.3 Å². The summed E-state index contributed by atoms with van der Waals surface area (Å²) >= 11 is 0. The zero-order valence-corrected chi connectivity index (χ0v) is 16.8. The summed E-state index contributed by atoms with van der Waals surface area (Å²) in [6.07, 6.45) is 3.15. The van der Waals surface area contributed by atoms with E-state index in [9.17, 15) is 14.8 Å². The van der Waals surface area contributed by atoms with E-state index in [1.807, 2.05) is 28.6 Å². The molecule has 1 saturated carbocycles. The molecule has 158 valence electrons. The summed E-state index contributed by atoms with van der Waals surface area (Å²) in [4.78, 5) is 30.0. The average molecular weight is 402 g/mol. The van der Waals surface area contributed by atoms with Gasteiger partial charge in [-0.3, -0.25) is 19.7 Å². The van der Waals surface area contributed by atoms with E-state index >= 15 is 0 Å². The predicted octanol–water partition coefficient (Wildman–Crippen LogP) is 1.62. The first kappa shape index (κ1) is 20.3. The number of hydrogen-bond donors (Lipinski definition) is 2. The number of nitrogens with one attached hydrogen (secondary N) is 1. The molecule has 1 aliphatic carbocycles. The fraction of sp³-hybridized carbons (Fsp3) is 0.636. The molecule has 1 aromatic carbocycles. The first-order valence-corrected chi connectivity index (χ1v) is 10.8. The highest BCUT2D eigenvalue weighted by atomic mass is 16.5. The van der Waals surface area contributed by atoms with E-state index in [0.717, 1.165) is 32.5 Å². The third kappa shape index (κ3) is 4.47. The average Bonchev–Trinajstić information content (AvgIpc) is 3.29. The Morgan fingerprint density at radius 1 is 1.00 bits per heavy atom. The maximum Gasteiger partial charge on any atom is 0.247 e. The van der Waals surface area contributed by atoms with Crippen LogP contribution in [0.1, 0.15) is 37.2 Å². The normalized spacial score (nSPS) is 30.9. The fourth-order valence-electron chi connectivity index (χ4n) is 5.28. The van der Waals surface area contributed by atoms with Gasteiger partial charge in [-0.15, -0.1) is 0 Å².